The molecule has 4 nitrogen and oxygen atoms in total. The van der Waals surface area contributed by atoms with E-state index in [1.807, 2.05) is 19.1 Å². The molecule has 2 spiro atoms. The molecule has 0 aromatic heterocycles. The third-order valence-corrected chi connectivity index (χ3v) is 8.04. The van der Waals surface area contributed by atoms with Gasteiger partial charge in [-0.3, -0.25) is 4.99 Å². The summed E-state index contributed by atoms with van der Waals surface area (Å²) in [6, 6.07) is 12.3. The molecule has 0 unspecified atom stereocenters. The van der Waals surface area contributed by atoms with Crippen LogP contribution in [0.4, 0.5) is 0 Å². The van der Waals surface area contributed by atoms with Crippen LogP contribution in [0.25, 0.3) is 11.1 Å². The first-order valence-corrected chi connectivity index (χ1v) is 11.2. The molecule has 0 radical (unpaired) electrons. The van der Waals surface area contributed by atoms with Crippen molar-refractivity contribution in [1.82, 2.24) is 0 Å². The van der Waals surface area contributed by atoms with E-state index < -0.39 is 5.66 Å². The SMILES string of the molecule is COC1CCC2(CC1)Cc1ccc(-c3cccc(Cl)c3Cl)cc1[C@@]21N=C(C)C(N)=N1. The van der Waals surface area contributed by atoms with Crippen molar-refractivity contribution in [3.63, 3.8) is 0 Å². The molecule has 2 aromatic carbocycles. The Kier molecular flexibility index (Phi) is 4.73. The quantitative estimate of drug-likeness (QED) is 0.641. The number of benzene rings is 2. The second-order valence-corrected chi connectivity index (χ2v) is 9.52. The van der Waals surface area contributed by atoms with Gasteiger partial charge in [0, 0.05) is 23.7 Å². The Bertz CT molecular complexity index is 1070. The van der Waals surface area contributed by atoms with E-state index in [1.165, 1.54) is 5.56 Å². The van der Waals surface area contributed by atoms with Crippen molar-refractivity contribution >= 4 is 34.7 Å². The number of rotatable bonds is 2. The molecule has 1 heterocycles. The zero-order valence-corrected chi connectivity index (χ0v) is 18.7. The highest BCUT2D eigenvalue weighted by Crippen LogP contribution is 2.62. The minimum absolute atomic E-state index is 0.0660. The number of ether oxygens (including phenoxy) is 1. The number of halogens is 2. The zero-order chi connectivity index (χ0) is 21.1. The zero-order valence-electron chi connectivity index (χ0n) is 17.2. The van der Waals surface area contributed by atoms with Crippen molar-refractivity contribution in [2.24, 2.45) is 21.1 Å². The molecule has 5 rings (SSSR count). The molecule has 2 aromatic rings. The lowest BCUT2D eigenvalue weighted by molar-refractivity contribution is -0.000372. The Labute approximate surface area is 187 Å². The molecule has 6 heteroatoms. The highest BCUT2D eigenvalue weighted by Gasteiger charge is 2.60. The van der Waals surface area contributed by atoms with Gasteiger partial charge in [0.15, 0.2) is 5.66 Å². The van der Waals surface area contributed by atoms with Gasteiger partial charge in [-0.1, -0.05) is 47.5 Å². The van der Waals surface area contributed by atoms with Crippen LogP contribution in [0.2, 0.25) is 10.0 Å². The standard InChI is InChI=1S/C24H25Cl2N3O/c1-14-22(27)29-24(28-14)19-12-15(18-4-3-5-20(25)21(18)26)6-7-16(19)13-23(24)10-8-17(30-2)9-11-23/h3-7,12,17H,8-11,13H2,1-2H3,(H2,27,29)/t17?,23?,24-/m0/s1. The summed E-state index contributed by atoms with van der Waals surface area (Å²) in [4.78, 5) is 10.2. The van der Waals surface area contributed by atoms with Gasteiger partial charge in [-0.05, 0) is 62.3 Å². The maximum absolute atomic E-state index is 6.53. The van der Waals surface area contributed by atoms with Crippen LogP contribution in [-0.4, -0.2) is 24.8 Å². The second kappa shape index (κ2) is 7.08. The van der Waals surface area contributed by atoms with Crippen LogP contribution >= 0.6 is 23.2 Å². The Hall–Kier alpha value is -1.88. The summed E-state index contributed by atoms with van der Waals surface area (Å²) >= 11 is 12.8. The molecule has 156 valence electrons. The number of hydrogen-bond acceptors (Lipinski definition) is 4. The van der Waals surface area contributed by atoms with Gasteiger partial charge in [0.05, 0.1) is 21.9 Å². The van der Waals surface area contributed by atoms with Crippen molar-refractivity contribution in [3.05, 3.63) is 57.6 Å². The molecular formula is C24H25Cl2N3O. The normalized spacial score (nSPS) is 29.9. The van der Waals surface area contributed by atoms with Crippen LogP contribution in [0.3, 0.4) is 0 Å². The molecule has 2 N–H and O–H groups in total. The minimum Gasteiger partial charge on any atom is -0.382 e. The van der Waals surface area contributed by atoms with Crippen LogP contribution in [-0.2, 0) is 16.8 Å². The van der Waals surface area contributed by atoms with E-state index >= 15 is 0 Å². The molecule has 30 heavy (non-hydrogen) atoms. The maximum atomic E-state index is 6.53. The van der Waals surface area contributed by atoms with Gasteiger partial charge in [0.25, 0.3) is 0 Å². The molecule has 3 aliphatic rings. The number of hydrogen-bond donors (Lipinski definition) is 1. The number of nitrogens with two attached hydrogens (primary N) is 1. The highest BCUT2D eigenvalue weighted by molar-refractivity contribution is 6.43. The summed E-state index contributed by atoms with van der Waals surface area (Å²) in [5.74, 6) is 0.544. The van der Waals surface area contributed by atoms with E-state index in [9.17, 15) is 0 Å². The van der Waals surface area contributed by atoms with E-state index in [0.717, 1.165) is 54.5 Å². The average Bonchev–Trinajstić information content (AvgIpc) is 3.18. The van der Waals surface area contributed by atoms with Gasteiger partial charge < -0.3 is 10.5 Å². The van der Waals surface area contributed by atoms with Crippen molar-refractivity contribution in [3.8, 4) is 11.1 Å². The van der Waals surface area contributed by atoms with E-state index in [1.54, 1.807) is 13.2 Å². The van der Waals surface area contributed by atoms with Crippen LogP contribution < -0.4 is 5.73 Å². The molecule has 0 bridgehead atoms. The first-order chi connectivity index (χ1) is 14.4. The van der Waals surface area contributed by atoms with Gasteiger partial charge in [0.1, 0.15) is 5.84 Å². The monoisotopic (exact) mass is 441 g/mol. The Balaban J connectivity index is 1.67. The predicted octanol–water partition coefficient (Wildman–Crippen LogP) is 5.78. The van der Waals surface area contributed by atoms with Gasteiger partial charge in [-0.25, -0.2) is 4.99 Å². The van der Waals surface area contributed by atoms with Crippen LogP contribution in [0.5, 0.6) is 0 Å². The Morgan fingerprint density at radius 3 is 2.53 bits per heavy atom. The first kappa shape index (κ1) is 20.0. The van der Waals surface area contributed by atoms with Crippen molar-refractivity contribution in [2.45, 2.75) is 50.8 Å². The molecule has 1 aliphatic heterocycles. The third-order valence-electron chi connectivity index (χ3n) is 7.22. The summed E-state index contributed by atoms with van der Waals surface area (Å²) in [6.45, 7) is 1.96. The average molecular weight is 442 g/mol. The third kappa shape index (κ3) is 2.77. The topological polar surface area (TPSA) is 60.0 Å². The summed E-state index contributed by atoms with van der Waals surface area (Å²) in [7, 11) is 1.80. The maximum Gasteiger partial charge on any atom is 0.184 e. The number of amidine groups is 1. The van der Waals surface area contributed by atoms with Crippen LogP contribution in [0.15, 0.2) is 46.4 Å². The highest BCUT2D eigenvalue weighted by atomic mass is 35.5. The van der Waals surface area contributed by atoms with Crippen molar-refractivity contribution < 1.29 is 4.74 Å². The van der Waals surface area contributed by atoms with Gasteiger partial charge in [-0.15, -0.1) is 0 Å². The van der Waals surface area contributed by atoms with Crippen molar-refractivity contribution in [2.75, 3.05) is 7.11 Å². The van der Waals surface area contributed by atoms with Gasteiger partial charge in [-0.2, -0.15) is 0 Å². The Morgan fingerprint density at radius 2 is 1.87 bits per heavy atom. The fraction of sp³-hybridized carbons (Fsp3) is 0.417. The molecule has 1 atom stereocenters. The van der Waals surface area contributed by atoms with Gasteiger partial charge in [0.2, 0.25) is 0 Å². The lowest BCUT2D eigenvalue weighted by atomic mass is 9.65. The van der Waals surface area contributed by atoms with Crippen LogP contribution in [0.1, 0.15) is 43.7 Å². The second-order valence-electron chi connectivity index (χ2n) is 8.73. The summed E-state index contributed by atoms with van der Waals surface area (Å²) in [5, 5.41) is 1.12. The number of nitrogens with zero attached hydrogens (tertiary/aromatic N) is 2. The molecular weight excluding hydrogens is 417 g/mol. The number of aliphatic imine (C=N–C) groups is 2. The van der Waals surface area contributed by atoms with E-state index in [4.69, 9.17) is 43.7 Å². The van der Waals surface area contributed by atoms with E-state index in [-0.39, 0.29) is 5.41 Å². The smallest absolute Gasteiger partial charge is 0.184 e. The van der Waals surface area contributed by atoms with Crippen LogP contribution in [0, 0.1) is 5.41 Å². The summed E-state index contributed by atoms with van der Waals surface area (Å²) in [6.07, 6.45) is 5.33. The minimum atomic E-state index is -0.656. The fourth-order valence-corrected chi connectivity index (χ4v) is 5.98. The summed E-state index contributed by atoms with van der Waals surface area (Å²) < 4.78 is 5.64. The summed E-state index contributed by atoms with van der Waals surface area (Å²) in [5.41, 5.74) is 10.8. The molecule has 1 saturated carbocycles. The predicted molar refractivity (Wildman–Crippen MR) is 124 cm³/mol. The van der Waals surface area contributed by atoms with Gasteiger partial charge >= 0.3 is 0 Å². The Morgan fingerprint density at radius 1 is 1.10 bits per heavy atom. The fourth-order valence-electron chi connectivity index (χ4n) is 5.57. The molecule has 0 amide bonds. The van der Waals surface area contributed by atoms with Crippen molar-refractivity contribution in [1.29, 1.82) is 0 Å². The first-order valence-electron chi connectivity index (χ1n) is 10.4. The molecule has 1 fully saturated rings. The van der Waals surface area contributed by atoms with E-state index in [2.05, 4.69) is 18.2 Å². The number of fused-ring (bicyclic) bond motifs is 3. The molecule has 2 aliphatic carbocycles. The lowest BCUT2D eigenvalue weighted by Crippen LogP contribution is -2.43. The largest absolute Gasteiger partial charge is 0.382 e. The lowest BCUT2D eigenvalue weighted by Gasteiger charge is -2.44. The van der Waals surface area contributed by atoms with E-state index in [0.29, 0.717) is 22.0 Å². The molecule has 0 saturated heterocycles. The number of methoxy groups -OCH3 is 1.